The van der Waals surface area contributed by atoms with Crippen molar-refractivity contribution in [1.82, 2.24) is 14.5 Å². The fourth-order valence-corrected chi connectivity index (χ4v) is 4.36. The van der Waals surface area contributed by atoms with Crippen LogP contribution in [0.1, 0.15) is 23.0 Å². The number of aryl methyl sites for hydroxylation is 1. The summed E-state index contributed by atoms with van der Waals surface area (Å²) in [6, 6.07) is 12.0. The Balaban J connectivity index is 1.44. The van der Waals surface area contributed by atoms with Gasteiger partial charge in [-0.1, -0.05) is 12.1 Å². The van der Waals surface area contributed by atoms with Crippen molar-refractivity contribution in [3.63, 3.8) is 0 Å². The first-order valence-electron chi connectivity index (χ1n) is 12.5. The summed E-state index contributed by atoms with van der Waals surface area (Å²) in [5.41, 5.74) is 0.202. The topological polar surface area (TPSA) is 95.3 Å². The van der Waals surface area contributed by atoms with Gasteiger partial charge in [-0.15, -0.1) is 0 Å². The number of nitrogens with one attached hydrogen (secondary N) is 1. The van der Waals surface area contributed by atoms with E-state index in [1.807, 2.05) is 0 Å². The van der Waals surface area contributed by atoms with Gasteiger partial charge < -0.3 is 19.4 Å². The number of rotatable bonds is 8. The third kappa shape index (κ3) is 5.46. The van der Waals surface area contributed by atoms with Crippen LogP contribution in [0.2, 0.25) is 0 Å². The van der Waals surface area contributed by atoms with Crippen molar-refractivity contribution in [2.24, 2.45) is 0 Å². The number of pyridine rings is 3. The second-order valence-electron chi connectivity index (χ2n) is 8.87. The highest BCUT2D eigenvalue weighted by molar-refractivity contribution is 6.04. The van der Waals surface area contributed by atoms with Crippen molar-refractivity contribution in [2.45, 2.75) is 20.1 Å². The molecule has 0 atom stereocenters. The first kappa shape index (κ1) is 27.4. The van der Waals surface area contributed by atoms with Crippen LogP contribution in [0.3, 0.4) is 0 Å². The van der Waals surface area contributed by atoms with Gasteiger partial charge in [0.2, 0.25) is 5.43 Å². The van der Waals surface area contributed by atoms with Gasteiger partial charge in [0.05, 0.1) is 30.1 Å². The lowest BCUT2D eigenvalue weighted by Crippen LogP contribution is -2.26. The molecule has 1 amide bonds. The molecule has 0 bridgehead atoms. The number of alkyl halides is 1. The zero-order valence-electron chi connectivity index (χ0n) is 22.0. The lowest BCUT2D eigenvalue weighted by atomic mass is 10.0. The van der Waals surface area contributed by atoms with Crippen molar-refractivity contribution in [3.8, 4) is 28.4 Å². The standard InChI is InChI=1S/C30H23F3N4O4/c1-3-37-16-21(29(38)27(24(37)14-31)17-4-6-18(32)7-5-17)30(39)36-19-8-9-25(22(33)12-19)41-26-10-11-34-23-13-20(40-2)15-35-28(23)26/h4-13,15-16H,3,14H2,1-2H3,(H,36,39). The average Bonchev–Trinajstić information content (AvgIpc) is 2.98. The maximum absolute atomic E-state index is 15.1. The Hall–Kier alpha value is -5.19. The zero-order chi connectivity index (χ0) is 29.1. The molecule has 0 saturated heterocycles. The van der Waals surface area contributed by atoms with Crippen molar-refractivity contribution in [3.05, 3.63) is 106 Å². The number of aromatic nitrogens is 3. The zero-order valence-corrected chi connectivity index (χ0v) is 22.0. The fraction of sp³-hybridized carbons (Fsp3) is 0.133. The molecule has 2 aromatic carbocycles. The van der Waals surface area contributed by atoms with E-state index < -0.39 is 29.6 Å². The van der Waals surface area contributed by atoms with E-state index in [1.165, 1.54) is 60.6 Å². The Morgan fingerprint density at radius 2 is 1.80 bits per heavy atom. The Morgan fingerprint density at radius 3 is 2.49 bits per heavy atom. The number of amides is 1. The molecule has 1 N–H and O–H groups in total. The number of ether oxygens (including phenoxy) is 2. The Bertz CT molecular complexity index is 1820. The quantitative estimate of drug-likeness (QED) is 0.240. The lowest BCUT2D eigenvalue weighted by Gasteiger charge is -2.17. The smallest absolute Gasteiger partial charge is 0.261 e. The van der Waals surface area contributed by atoms with E-state index in [9.17, 15) is 18.4 Å². The molecule has 3 aromatic heterocycles. The van der Waals surface area contributed by atoms with Crippen LogP contribution in [0.15, 0.2) is 78.0 Å². The van der Waals surface area contributed by atoms with E-state index in [2.05, 4.69) is 15.3 Å². The number of benzene rings is 2. The Kier molecular flexibility index (Phi) is 7.68. The van der Waals surface area contributed by atoms with E-state index in [0.29, 0.717) is 16.8 Å². The highest BCUT2D eigenvalue weighted by Gasteiger charge is 2.22. The third-order valence-corrected chi connectivity index (χ3v) is 6.40. The summed E-state index contributed by atoms with van der Waals surface area (Å²) in [5, 5.41) is 2.51. The van der Waals surface area contributed by atoms with Crippen molar-refractivity contribution in [1.29, 1.82) is 0 Å². The second-order valence-corrected chi connectivity index (χ2v) is 8.87. The molecule has 0 spiro atoms. The first-order chi connectivity index (χ1) is 19.8. The van der Waals surface area contributed by atoms with Crippen molar-refractivity contribution >= 4 is 22.6 Å². The molecule has 0 aliphatic carbocycles. The summed E-state index contributed by atoms with van der Waals surface area (Å²) in [7, 11) is 1.50. The second kappa shape index (κ2) is 11.5. The predicted octanol–water partition coefficient (Wildman–Crippen LogP) is 6.28. The van der Waals surface area contributed by atoms with Gasteiger partial charge in [-0.2, -0.15) is 0 Å². The molecule has 0 fully saturated rings. The van der Waals surface area contributed by atoms with Gasteiger partial charge in [-0.25, -0.2) is 18.2 Å². The van der Waals surface area contributed by atoms with Crippen LogP contribution in [0.5, 0.6) is 17.2 Å². The molecule has 5 rings (SSSR count). The maximum atomic E-state index is 15.1. The van der Waals surface area contributed by atoms with Gasteiger partial charge in [0, 0.05) is 42.8 Å². The van der Waals surface area contributed by atoms with Gasteiger partial charge >= 0.3 is 0 Å². The van der Waals surface area contributed by atoms with Gasteiger partial charge in [0.25, 0.3) is 5.91 Å². The molecule has 208 valence electrons. The number of carbonyl (C=O) groups is 1. The van der Waals surface area contributed by atoms with Crippen LogP contribution in [0, 0.1) is 11.6 Å². The van der Waals surface area contributed by atoms with Crippen molar-refractivity contribution < 1.29 is 27.4 Å². The third-order valence-electron chi connectivity index (χ3n) is 6.40. The lowest BCUT2D eigenvalue weighted by molar-refractivity contribution is 0.102. The average molecular weight is 561 g/mol. The summed E-state index contributed by atoms with van der Waals surface area (Å²) in [6.07, 6.45) is 4.23. The molecular formula is C30H23F3N4O4. The molecule has 5 aromatic rings. The van der Waals surface area contributed by atoms with E-state index >= 15 is 4.39 Å². The number of hydrogen-bond donors (Lipinski definition) is 1. The van der Waals surface area contributed by atoms with Gasteiger partial charge in [0.1, 0.15) is 29.3 Å². The number of methoxy groups -OCH3 is 1. The van der Waals surface area contributed by atoms with Gasteiger partial charge in [-0.05, 0) is 36.8 Å². The summed E-state index contributed by atoms with van der Waals surface area (Å²) in [6.45, 7) is 1.02. The molecular weight excluding hydrogens is 537 g/mol. The summed E-state index contributed by atoms with van der Waals surface area (Å²) >= 11 is 0. The molecule has 3 heterocycles. The molecule has 11 heteroatoms. The van der Waals surface area contributed by atoms with E-state index in [-0.39, 0.29) is 46.1 Å². The Morgan fingerprint density at radius 1 is 1.02 bits per heavy atom. The molecule has 0 saturated carbocycles. The molecule has 0 unspecified atom stereocenters. The minimum atomic E-state index is -0.972. The molecule has 8 nitrogen and oxygen atoms in total. The number of fused-ring (bicyclic) bond motifs is 1. The first-order valence-corrected chi connectivity index (χ1v) is 12.5. The highest BCUT2D eigenvalue weighted by Crippen LogP contribution is 2.31. The van der Waals surface area contributed by atoms with E-state index in [1.54, 1.807) is 13.0 Å². The van der Waals surface area contributed by atoms with Crippen LogP contribution in [0.4, 0.5) is 18.9 Å². The number of hydrogen-bond acceptors (Lipinski definition) is 6. The monoisotopic (exact) mass is 560 g/mol. The van der Waals surface area contributed by atoms with Crippen LogP contribution in [0.25, 0.3) is 22.2 Å². The molecule has 41 heavy (non-hydrogen) atoms. The minimum absolute atomic E-state index is 0.0484. The van der Waals surface area contributed by atoms with Crippen LogP contribution in [-0.4, -0.2) is 27.6 Å². The molecule has 0 radical (unpaired) electrons. The van der Waals surface area contributed by atoms with Crippen LogP contribution in [-0.2, 0) is 13.2 Å². The number of halogens is 3. The highest BCUT2D eigenvalue weighted by atomic mass is 19.1. The SMILES string of the molecule is CCn1cc(C(=O)Nc2ccc(Oc3ccnc4cc(OC)cnc34)c(F)c2)c(=O)c(-c2ccc(F)cc2)c1CF. The predicted molar refractivity (Wildman–Crippen MR) is 147 cm³/mol. The number of nitrogens with zero attached hydrogens (tertiary/aromatic N) is 3. The summed E-state index contributed by atoms with van der Waals surface area (Å²) < 4.78 is 54.9. The Labute approximate surface area is 232 Å². The summed E-state index contributed by atoms with van der Waals surface area (Å²) in [4.78, 5) is 35.0. The van der Waals surface area contributed by atoms with E-state index in [4.69, 9.17) is 9.47 Å². The van der Waals surface area contributed by atoms with Gasteiger partial charge in [-0.3, -0.25) is 14.6 Å². The van der Waals surface area contributed by atoms with Crippen LogP contribution >= 0.6 is 0 Å². The largest absolute Gasteiger partial charge is 0.495 e. The summed E-state index contributed by atoms with van der Waals surface area (Å²) in [5.74, 6) is -1.50. The maximum Gasteiger partial charge on any atom is 0.261 e. The molecule has 0 aliphatic rings. The van der Waals surface area contributed by atoms with Crippen molar-refractivity contribution in [2.75, 3.05) is 12.4 Å². The normalized spacial score (nSPS) is 11.0. The minimum Gasteiger partial charge on any atom is -0.495 e. The van der Waals surface area contributed by atoms with Crippen LogP contribution < -0.4 is 20.2 Å². The van der Waals surface area contributed by atoms with E-state index in [0.717, 1.165) is 18.2 Å². The number of carbonyl (C=O) groups excluding carboxylic acids is 1. The van der Waals surface area contributed by atoms with Gasteiger partial charge in [0.15, 0.2) is 17.3 Å². The number of anilines is 1. The molecule has 0 aliphatic heterocycles. The fourth-order valence-electron chi connectivity index (χ4n) is 4.36.